The zero-order chi connectivity index (χ0) is 9.84. The summed E-state index contributed by atoms with van der Waals surface area (Å²) >= 11 is 3.31. The minimum Gasteiger partial charge on any atom is -0.493 e. The second-order valence-corrected chi connectivity index (χ2v) is 3.37. The SMILES string of the molecule is COc1cc(Br)cc(CO)c1OC. The van der Waals surface area contributed by atoms with Crippen LogP contribution in [0.15, 0.2) is 16.6 Å². The second kappa shape index (κ2) is 4.48. The minimum absolute atomic E-state index is 0.0705. The summed E-state index contributed by atoms with van der Waals surface area (Å²) in [7, 11) is 3.11. The Balaban J connectivity index is 3.25. The van der Waals surface area contributed by atoms with E-state index < -0.39 is 0 Å². The lowest BCUT2D eigenvalue weighted by atomic mass is 10.2. The molecule has 0 spiro atoms. The molecule has 0 aliphatic rings. The van der Waals surface area contributed by atoms with Crippen LogP contribution in [-0.2, 0) is 6.61 Å². The molecule has 4 heteroatoms. The molecule has 0 aliphatic heterocycles. The van der Waals surface area contributed by atoms with E-state index >= 15 is 0 Å². The van der Waals surface area contributed by atoms with E-state index in [1.54, 1.807) is 26.4 Å². The average Bonchev–Trinajstić information content (AvgIpc) is 2.16. The van der Waals surface area contributed by atoms with Crippen molar-refractivity contribution in [1.29, 1.82) is 0 Å². The maximum atomic E-state index is 9.04. The monoisotopic (exact) mass is 246 g/mol. The molecule has 0 saturated carbocycles. The summed E-state index contributed by atoms with van der Waals surface area (Å²) in [6.07, 6.45) is 0. The van der Waals surface area contributed by atoms with Gasteiger partial charge in [-0.1, -0.05) is 15.9 Å². The van der Waals surface area contributed by atoms with Gasteiger partial charge in [0.1, 0.15) is 0 Å². The Bertz CT molecular complexity index is 274. The van der Waals surface area contributed by atoms with Gasteiger partial charge in [-0.25, -0.2) is 0 Å². The molecule has 0 aromatic heterocycles. The van der Waals surface area contributed by atoms with E-state index in [4.69, 9.17) is 14.6 Å². The van der Waals surface area contributed by atoms with E-state index in [0.29, 0.717) is 17.1 Å². The molecular formula is C9H11BrO3. The van der Waals surface area contributed by atoms with E-state index in [1.807, 2.05) is 0 Å². The van der Waals surface area contributed by atoms with E-state index in [2.05, 4.69) is 15.9 Å². The van der Waals surface area contributed by atoms with Gasteiger partial charge < -0.3 is 14.6 Å². The highest BCUT2D eigenvalue weighted by Gasteiger charge is 2.10. The second-order valence-electron chi connectivity index (χ2n) is 2.46. The Hall–Kier alpha value is -0.740. The van der Waals surface area contributed by atoms with Gasteiger partial charge in [-0.2, -0.15) is 0 Å². The molecule has 0 aliphatic carbocycles. The molecule has 1 N–H and O–H groups in total. The van der Waals surface area contributed by atoms with Crippen LogP contribution in [0.3, 0.4) is 0 Å². The molecule has 1 aromatic rings. The van der Waals surface area contributed by atoms with Crippen molar-refractivity contribution in [2.75, 3.05) is 14.2 Å². The summed E-state index contributed by atoms with van der Waals surface area (Å²) in [5.41, 5.74) is 0.703. The first-order chi connectivity index (χ1) is 6.22. The van der Waals surface area contributed by atoms with Crippen molar-refractivity contribution < 1.29 is 14.6 Å². The van der Waals surface area contributed by atoms with E-state index in [-0.39, 0.29) is 6.61 Å². The molecule has 0 saturated heterocycles. The van der Waals surface area contributed by atoms with Gasteiger partial charge >= 0.3 is 0 Å². The van der Waals surface area contributed by atoms with Gasteiger partial charge in [0.2, 0.25) is 0 Å². The van der Waals surface area contributed by atoms with Gasteiger partial charge in [0, 0.05) is 10.0 Å². The third-order valence-corrected chi connectivity index (χ3v) is 2.15. The number of rotatable bonds is 3. The van der Waals surface area contributed by atoms with Crippen molar-refractivity contribution in [3.63, 3.8) is 0 Å². The van der Waals surface area contributed by atoms with Crippen molar-refractivity contribution in [2.24, 2.45) is 0 Å². The molecule has 13 heavy (non-hydrogen) atoms. The molecule has 0 fully saturated rings. The third kappa shape index (κ3) is 2.14. The van der Waals surface area contributed by atoms with Crippen molar-refractivity contribution in [3.05, 3.63) is 22.2 Å². The molecule has 0 amide bonds. The summed E-state index contributed by atoms with van der Waals surface area (Å²) < 4.78 is 11.1. The van der Waals surface area contributed by atoms with Gasteiger partial charge in [-0.05, 0) is 12.1 Å². The molecule has 0 atom stereocenters. The number of aliphatic hydroxyl groups excluding tert-OH is 1. The van der Waals surface area contributed by atoms with Crippen LogP contribution in [0.2, 0.25) is 0 Å². The van der Waals surface area contributed by atoms with Crippen molar-refractivity contribution in [3.8, 4) is 11.5 Å². The maximum absolute atomic E-state index is 9.04. The number of halogens is 1. The average molecular weight is 247 g/mol. The zero-order valence-electron chi connectivity index (χ0n) is 7.50. The normalized spacial score (nSPS) is 9.85. The van der Waals surface area contributed by atoms with Crippen molar-refractivity contribution >= 4 is 15.9 Å². The lowest BCUT2D eigenvalue weighted by Crippen LogP contribution is -1.96. The molecule has 0 bridgehead atoms. The Morgan fingerprint density at radius 2 is 2.00 bits per heavy atom. The Kier molecular flexibility index (Phi) is 3.57. The molecule has 0 radical (unpaired) electrons. The summed E-state index contributed by atoms with van der Waals surface area (Å²) in [6.45, 7) is -0.0705. The zero-order valence-corrected chi connectivity index (χ0v) is 9.09. The molecular weight excluding hydrogens is 236 g/mol. The first-order valence-corrected chi connectivity index (χ1v) is 4.53. The molecule has 0 unspecified atom stereocenters. The first-order valence-electron chi connectivity index (χ1n) is 3.74. The first kappa shape index (κ1) is 10.3. The molecule has 1 aromatic carbocycles. The highest BCUT2D eigenvalue weighted by molar-refractivity contribution is 9.10. The van der Waals surface area contributed by atoms with Crippen LogP contribution in [0.5, 0.6) is 11.5 Å². The third-order valence-electron chi connectivity index (χ3n) is 1.69. The molecule has 0 heterocycles. The lowest BCUT2D eigenvalue weighted by molar-refractivity contribution is 0.269. The van der Waals surface area contributed by atoms with Crippen LogP contribution in [0.25, 0.3) is 0 Å². The number of hydrogen-bond acceptors (Lipinski definition) is 3. The number of benzene rings is 1. The van der Waals surface area contributed by atoms with E-state index in [0.717, 1.165) is 4.47 Å². The predicted molar refractivity (Wildman–Crippen MR) is 53.2 cm³/mol. The summed E-state index contributed by atoms with van der Waals surface area (Å²) in [6, 6.07) is 3.58. The van der Waals surface area contributed by atoms with Crippen molar-refractivity contribution in [2.45, 2.75) is 6.61 Å². The fourth-order valence-corrected chi connectivity index (χ4v) is 1.61. The van der Waals surface area contributed by atoms with E-state index in [9.17, 15) is 0 Å². The Morgan fingerprint density at radius 1 is 1.31 bits per heavy atom. The van der Waals surface area contributed by atoms with Crippen LogP contribution >= 0.6 is 15.9 Å². The largest absolute Gasteiger partial charge is 0.493 e. The number of ether oxygens (including phenoxy) is 2. The summed E-state index contributed by atoms with van der Waals surface area (Å²) in [5.74, 6) is 1.19. The number of hydrogen-bond donors (Lipinski definition) is 1. The van der Waals surface area contributed by atoms with E-state index in [1.165, 1.54) is 0 Å². The molecule has 3 nitrogen and oxygen atoms in total. The standard InChI is InChI=1S/C9H11BrO3/c1-12-8-4-7(10)3-6(5-11)9(8)13-2/h3-4,11H,5H2,1-2H3. The fraction of sp³-hybridized carbons (Fsp3) is 0.333. The van der Waals surface area contributed by atoms with Gasteiger partial charge in [0.25, 0.3) is 0 Å². The topological polar surface area (TPSA) is 38.7 Å². The van der Waals surface area contributed by atoms with Gasteiger partial charge in [-0.15, -0.1) is 0 Å². The van der Waals surface area contributed by atoms with Crippen LogP contribution in [0, 0.1) is 0 Å². The summed E-state index contributed by atoms with van der Waals surface area (Å²) in [4.78, 5) is 0. The van der Waals surface area contributed by atoms with Gasteiger partial charge in [-0.3, -0.25) is 0 Å². The van der Waals surface area contributed by atoms with Crippen LogP contribution < -0.4 is 9.47 Å². The van der Waals surface area contributed by atoms with Crippen LogP contribution in [0.4, 0.5) is 0 Å². The molecule has 1 rings (SSSR count). The highest BCUT2D eigenvalue weighted by atomic mass is 79.9. The van der Waals surface area contributed by atoms with Gasteiger partial charge in [0.05, 0.1) is 20.8 Å². The van der Waals surface area contributed by atoms with Crippen molar-refractivity contribution in [1.82, 2.24) is 0 Å². The lowest BCUT2D eigenvalue weighted by Gasteiger charge is -2.11. The molecule has 72 valence electrons. The smallest absolute Gasteiger partial charge is 0.166 e. The Morgan fingerprint density at radius 3 is 2.46 bits per heavy atom. The quantitative estimate of drug-likeness (QED) is 0.887. The van der Waals surface area contributed by atoms with Crippen LogP contribution in [0.1, 0.15) is 5.56 Å². The summed E-state index contributed by atoms with van der Waals surface area (Å²) in [5, 5.41) is 9.04. The van der Waals surface area contributed by atoms with Crippen LogP contribution in [-0.4, -0.2) is 19.3 Å². The predicted octanol–water partition coefficient (Wildman–Crippen LogP) is 1.96. The number of methoxy groups -OCH3 is 2. The van der Waals surface area contributed by atoms with Gasteiger partial charge in [0.15, 0.2) is 11.5 Å². The minimum atomic E-state index is -0.0705. The number of aliphatic hydroxyl groups is 1. The maximum Gasteiger partial charge on any atom is 0.166 e. The Labute approximate surface area is 85.4 Å². The fourth-order valence-electron chi connectivity index (χ4n) is 1.12. The highest BCUT2D eigenvalue weighted by Crippen LogP contribution is 2.34.